The Bertz CT molecular complexity index is 960. The molecule has 0 bridgehead atoms. The summed E-state index contributed by atoms with van der Waals surface area (Å²) in [5.74, 6) is -1.59. The van der Waals surface area contributed by atoms with E-state index in [-0.39, 0.29) is 12.1 Å². The maximum absolute atomic E-state index is 12.4. The Kier molecular flexibility index (Phi) is 4.50. The van der Waals surface area contributed by atoms with Crippen molar-refractivity contribution >= 4 is 34.4 Å². The number of H-pyrrole nitrogens is 1. The van der Waals surface area contributed by atoms with E-state index in [2.05, 4.69) is 15.4 Å². The molecule has 3 N–H and O–H groups in total. The lowest BCUT2D eigenvalue weighted by Crippen LogP contribution is -2.42. The molecule has 0 aliphatic rings. The minimum atomic E-state index is -1.10. The van der Waals surface area contributed by atoms with E-state index in [9.17, 15) is 14.7 Å². The third-order valence-electron chi connectivity index (χ3n) is 4.19. The number of amides is 1. The molecule has 7 nitrogen and oxygen atoms in total. The van der Waals surface area contributed by atoms with Crippen LogP contribution in [0.1, 0.15) is 21.7 Å². The smallest absolute Gasteiger partial charge is 0.326 e. The second-order valence-corrected chi connectivity index (χ2v) is 6.30. The molecule has 1 amide bonds. The summed E-state index contributed by atoms with van der Waals surface area (Å²) in [6.45, 7) is 1.85. The number of aromatic amines is 1. The first-order valence-corrected chi connectivity index (χ1v) is 8.02. The zero-order chi connectivity index (χ0) is 18.1. The second-order valence-electron chi connectivity index (χ2n) is 5.86. The van der Waals surface area contributed by atoms with Gasteiger partial charge < -0.3 is 15.4 Å². The van der Waals surface area contributed by atoms with Gasteiger partial charge >= 0.3 is 5.97 Å². The molecule has 2 aromatic heterocycles. The number of nitrogens with one attached hydrogen (secondary N) is 2. The van der Waals surface area contributed by atoms with Crippen LogP contribution in [0.2, 0.25) is 5.02 Å². The number of benzene rings is 1. The Morgan fingerprint density at radius 3 is 2.80 bits per heavy atom. The number of aromatic nitrogens is 3. The van der Waals surface area contributed by atoms with Crippen LogP contribution in [0.3, 0.4) is 0 Å². The zero-order valence-corrected chi connectivity index (χ0v) is 14.5. The minimum absolute atomic E-state index is 0.160. The molecule has 130 valence electrons. The largest absolute Gasteiger partial charge is 0.480 e. The Labute approximate surface area is 148 Å². The number of carboxylic acids is 1. The van der Waals surface area contributed by atoms with Crippen LogP contribution in [0, 0.1) is 6.92 Å². The molecule has 1 unspecified atom stereocenters. The van der Waals surface area contributed by atoms with Crippen LogP contribution >= 0.6 is 11.6 Å². The van der Waals surface area contributed by atoms with Gasteiger partial charge in [-0.25, -0.2) is 4.79 Å². The van der Waals surface area contributed by atoms with Gasteiger partial charge in [-0.1, -0.05) is 11.6 Å². The van der Waals surface area contributed by atoms with Gasteiger partial charge in [-0.2, -0.15) is 5.10 Å². The summed E-state index contributed by atoms with van der Waals surface area (Å²) in [5.41, 5.74) is 2.68. The van der Waals surface area contributed by atoms with Crippen molar-refractivity contribution in [3.63, 3.8) is 0 Å². The highest BCUT2D eigenvalue weighted by Gasteiger charge is 2.23. The molecule has 2 heterocycles. The van der Waals surface area contributed by atoms with Gasteiger partial charge in [-0.05, 0) is 36.8 Å². The van der Waals surface area contributed by atoms with Crippen molar-refractivity contribution in [2.24, 2.45) is 7.05 Å². The SMILES string of the molecule is Cc1c(CC(NC(=O)c2cc3cc(Cl)ccc3[nH]2)C(=O)O)cnn1C. The number of rotatable bonds is 5. The van der Waals surface area contributed by atoms with E-state index >= 15 is 0 Å². The van der Waals surface area contributed by atoms with E-state index in [1.807, 2.05) is 6.92 Å². The quantitative estimate of drug-likeness (QED) is 0.649. The van der Waals surface area contributed by atoms with Crippen LogP contribution in [0.15, 0.2) is 30.5 Å². The highest BCUT2D eigenvalue weighted by atomic mass is 35.5. The molecule has 3 rings (SSSR count). The Hall–Kier alpha value is -2.80. The van der Waals surface area contributed by atoms with Crippen molar-refractivity contribution in [1.29, 1.82) is 0 Å². The van der Waals surface area contributed by atoms with Gasteiger partial charge in [0, 0.05) is 35.1 Å². The molecule has 1 atom stereocenters. The summed E-state index contributed by atoms with van der Waals surface area (Å²) in [6.07, 6.45) is 1.77. The van der Waals surface area contributed by atoms with Crippen molar-refractivity contribution in [2.75, 3.05) is 0 Å². The van der Waals surface area contributed by atoms with Gasteiger partial charge in [-0.15, -0.1) is 0 Å². The van der Waals surface area contributed by atoms with Gasteiger partial charge in [0.05, 0.1) is 6.20 Å². The van der Waals surface area contributed by atoms with Gasteiger partial charge in [0.2, 0.25) is 0 Å². The monoisotopic (exact) mass is 360 g/mol. The summed E-state index contributed by atoms with van der Waals surface area (Å²) in [6, 6.07) is 5.81. The van der Waals surface area contributed by atoms with Crippen LogP contribution in [0.4, 0.5) is 0 Å². The topological polar surface area (TPSA) is 100 Å². The molecule has 25 heavy (non-hydrogen) atoms. The van der Waals surface area contributed by atoms with Crippen LogP contribution in [0.5, 0.6) is 0 Å². The van der Waals surface area contributed by atoms with Gasteiger partial charge in [0.1, 0.15) is 11.7 Å². The summed E-state index contributed by atoms with van der Waals surface area (Å²) >= 11 is 5.94. The number of aryl methyl sites for hydroxylation is 1. The number of carboxylic acid groups (broad SMARTS) is 1. The Morgan fingerprint density at radius 2 is 2.16 bits per heavy atom. The first kappa shape index (κ1) is 17.0. The van der Waals surface area contributed by atoms with E-state index in [4.69, 9.17) is 11.6 Å². The third kappa shape index (κ3) is 3.51. The molecule has 0 aliphatic heterocycles. The maximum atomic E-state index is 12.4. The van der Waals surface area contributed by atoms with E-state index in [0.29, 0.717) is 5.02 Å². The lowest BCUT2D eigenvalue weighted by Gasteiger charge is -2.13. The minimum Gasteiger partial charge on any atom is -0.480 e. The van der Waals surface area contributed by atoms with Crippen molar-refractivity contribution in [1.82, 2.24) is 20.1 Å². The molecule has 0 fully saturated rings. The molecule has 0 saturated carbocycles. The second kappa shape index (κ2) is 6.60. The number of carbonyl (C=O) groups is 2. The molecular weight excluding hydrogens is 344 g/mol. The van der Waals surface area contributed by atoms with Gasteiger partial charge in [0.25, 0.3) is 5.91 Å². The zero-order valence-electron chi connectivity index (χ0n) is 13.7. The number of halogens is 1. The summed E-state index contributed by atoms with van der Waals surface area (Å²) in [4.78, 5) is 26.9. The Balaban J connectivity index is 1.80. The van der Waals surface area contributed by atoms with Crippen molar-refractivity contribution < 1.29 is 14.7 Å². The van der Waals surface area contributed by atoms with E-state index in [1.165, 1.54) is 0 Å². The van der Waals surface area contributed by atoms with Crippen molar-refractivity contribution in [3.05, 3.63) is 52.4 Å². The normalized spacial score (nSPS) is 12.3. The predicted molar refractivity (Wildman–Crippen MR) is 93.8 cm³/mol. The highest BCUT2D eigenvalue weighted by molar-refractivity contribution is 6.31. The lowest BCUT2D eigenvalue weighted by atomic mass is 10.1. The molecule has 0 spiro atoms. The van der Waals surface area contributed by atoms with Crippen LogP contribution < -0.4 is 5.32 Å². The van der Waals surface area contributed by atoms with Crippen molar-refractivity contribution in [3.8, 4) is 0 Å². The first-order chi connectivity index (χ1) is 11.8. The average molecular weight is 361 g/mol. The number of aliphatic carboxylic acids is 1. The number of carbonyl (C=O) groups excluding carboxylic acids is 1. The average Bonchev–Trinajstić information content (AvgIpc) is 3.11. The van der Waals surface area contributed by atoms with Crippen molar-refractivity contribution in [2.45, 2.75) is 19.4 Å². The van der Waals surface area contributed by atoms with Gasteiger partial charge in [0.15, 0.2) is 0 Å². The van der Waals surface area contributed by atoms with Crippen LogP contribution in [-0.2, 0) is 18.3 Å². The highest BCUT2D eigenvalue weighted by Crippen LogP contribution is 2.20. The predicted octanol–water partition coefficient (Wildman–Crippen LogP) is 2.29. The number of hydrogen-bond acceptors (Lipinski definition) is 3. The van der Waals surface area contributed by atoms with E-state index < -0.39 is 17.9 Å². The fourth-order valence-corrected chi connectivity index (χ4v) is 2.81. The third-order valence-corrected chi connectivity index (χ3v) is 4.43. The maximum Gasteiger partial charge on any atom is 0.326 e. The molecular formula is C17H17ClN4O3. The standard InChI is InChI=1S/C17H17ClN4O3/c1-9-11(8-19-22(9)2)7-15(17(24)25)21-16(23)14-6-10-5-12(18)3-4-13(10)20-14/h3-6,8,15,20H,7H2,1-2H3,(H,21,23)(H,24,25). The molecule has 3 aromatic rings. The lowest BCUT2D eigenvalue weighted by molar-refractivity contribution is -0.139. The molecule has 8 heteroatoms. The number of hydrogen-bond donors (Lipinski definition) is 3. The van der Waals surface area contributed by atoms with E-state index in [1.54, 1.807) is 42.2 Å². The molecule has 0 aliphatic carbocycles. The first-order valence-electron chi connectivity index (χ1n) is 7.64. The van der Waals surface area contributed by atoms with Gasteiger partial charge in [-0.3, -0.25) is 9.48 Å². The number of fused-ring (bicyclic) bond motifs is 1. The van der Waals surface area contributed by atoms with Crippen LogP contribution in [-0.4, -0.2) is 37.8 Å². The number of nitrogens with zero attached hydrogens (tertiary/aromatic N) is 2. The molecule has 0 radical (unpaired) electrons. The fraction of sp³-hybridized carbons (Fsp3) is 0.235. The molecule has 0 saturated heterocycles. The van der Waals surface area contributed by atoms with Crippen LogP contribution in [0.25, 0.3) is 10.9 Å². The Morgan fingerprint density at radius 1 is 1.40 bits per heavy atom. The summed E-state index contributed by atoms with van der Waals surface area (Å²) < 4.78 is 1.66. The van der Waals surface area contributed by atoms with E-state index in [0.717, 1.165) is 22.2 Å². The summed E-state index contributed by atoms with van der Waals surface area (Å²) in [5, 5.41) is 17.4. The summed E-state index contributed by atoms with van der Waals surface area (Å²) in [7, 11) is 1.78. The molecule has 1 aromatic carbocycles. The fourth-order valence-electron chi connectivity index (χ4n) is 2.63.